The minimum Gasteiger partial charge on any atom is -0.464 e. The minimum atomic E-state index is -0.612. The molecule has 0 unspecified atom stereocenters. The molecule has 1 aromatic rings. The van der Waals surface area contributed by atoms with Crippen molar-refractivity contribution in [2.24, 2.45) is 0 Å². The molecule has 1 heterocycles. The van der Waals surface area contributed by atoms with Crippen LogP contribution in [0.4, 0.5) is 11.5 Å². The number of rotatable bonds is 4. The number of esters is 1. The lowest BCUT2D eigenvalue weighted by Crippen LogP contribution is -2.32. The van der Waals surface area contributed by atoms with Crippen LogP contribution in [0.5, 0.6) is 0 Å². The van der Waals surface area contributed by atoms with E-state index in [1.54, 1.807) is 0 Å². The Balaban J connectivity index is 2.36. The van der Waals surface area contributed by atoms with Crippen molar-refractivity contribution in [1.29, 1.82) is 0 Å². The van der Waals surface area contributed by atoms with Gasteiger partial charge in [0.1, 0.15) is 0 Å². The first-order valence-electron chi connectivity index (χ1n) is 6.47. The molecule has 2 rings (SSSR count). The summed E-state index contributed by atoms with van der Waals surface area (Å²) in [6.45, 7) is 2.01. The van der Waals surface area contributed by atoms with E-state index in [9.17, 15) is 14.9 Å². The van der Waals surface area contributed by atoms with Gasteiger partial charge in [0.2, 0.25) is 5.82 Å². The van der Waals surface area contributed by atoms with Crippen LogP contribution < -0.4 is 5.32 Å². The Kier molecular flexibility index (Phi) is 3.87. The zero-order chi connectivity index (χ0) is 14.8. The van der Waals surface area contributed by atoms with Gasteiger partial charge in [0.15, 0.2) is 5.69 Å². The molecule has 0 spiro atoms. The number of nitrogens with zero attached hydrogens (tertiary/aromatic N) is 2. The Morgan fingerprint density at radius 2 is 2.10 bits per heavy atom. The second-order valence-corrected chi connectivity index (χ2v) is 5.21. The molecule has 1 fully saturated rings. The standard InChI is InChI=1S/C13H17N3O4/c1-13(7-3-4-8-13)15-11-10(16(18)19)6-5-9(14-11)12(17)20-2/h5-6H,3-4,7-8H2,1-2H3,(H,14,15). The Bertz CT molecular complexity index is 538. The summed E-state index contributed by atoms with van der Waals surface area (Å²) in [4.78, 5) is 26.1. The Morgan fingerprint density at radius 3 is 2.65 bits per heavy atom. The van der Waals surface area contributed by atoms with Crippen molar-refractivity contribution in [3.63, 3.8) is 0 Å². The van der Waals surface area contributed by atoms with Gasteiger partial charge in [-0.25, -0.2) is 9.78 Å². The molecule has 0 atom stereocenters. The van der Waals surface area contributed by atoms with Crippen molar-refractivity contribution >= 4 is 17.5 Å². The Labute approximate surface area is 116 Å². The summed E-state index contributed by atoms with van der Waals surface area (Å²) in [5, 5.41) is 14.2. The first kappa shape index (κ1) is 14.2. The lowest BCUT2D eigenvalue weighted by Gasteiger charge is -2.25. The summed E-state index contributed by atoms with van der Waals surface area (Å²) >= 11 is 0. The fourth-order valence-electron chi connectivity index (χ4n) is 2.48. The molecule has 1 aliphatic carbocycles. The zero-order valence-corrected chi connectivity index (χ0v) is 11.5. The van der Waals surface area contributed by atoms with Crippen molar-refractivity contribution in [2.75, 3.05) is 12.4 Å². The summed E-state index contributed by atoms with van der Waals surface area (Å²) < 4.78 is 4.59. The molecule has 20 heavy (non-hydrogen) atoms. The molecular formula is C13H17N3O4. The quantitative estimate of drug-likeness (QED) is 0.517. The maximum absolute atomic E-state index is 11.5. The van der Waals surface area contributed by atoms with Gasteiger partial charge in [0, 0.05) is 11.6 Å². The van der Waals surface area contributed by atoms with E-state index < -0.39 is 10.9 Å². The van der Waals surface area contributed by atoms with Gasteiger partial charge >= 0.3 is 11.7 Å². The summed E-state index contributed by atoms with van der Waals surface area (Å²) in [5.74, 6) is -0.484. The summed E-state index contributed by atoms with van der Waals surface area (Å²) in [6, 6.07) is 2.58. The minimum absolute atomic E-state index is 0.0576. The van der Waals surface area contributed by atoms with E-state index >= 15 is 0 Å². The molecule has 1 N–H and O–H groups in total. The predicted octanol–water partition coefficient (Wildman–Crippen LogP) is 2.52. The molecule has 0 aliphatic heterocycles. The molecular weight excluding hydrogens is 262 g/mol. The summed E-state index contributed by atoms with van der Waals surface area (Å²) in [6.07, 6.45) is 4.00. The SMILES string of the molecule is COC(=O)c1ccc([N+](=O)[O-])c(NC2(C)CCCC2)n1. The molecule has 0 saturated heterocycles. The first-order valence-corrected chi connectivity index (χ1v) is 6.47. The van der Waals surface area contributed by atoms with Gasteiger partial charge in [-0.2, -0.15) is 0 Å². The fourth-order valence-corrected chi connectivity index (χ4v) is 2.48. The highest BCUT2D eigenvalue weighted by Gasteiger charge is 2.31. The van der Waals surface area contributed by atoms with Gasteiger partial charge in [-0.1, -0.05) is 12.8 Å². The van der Waals surface area contributed by atoms with E-state index in [1.807, 2.05) is 6.92 Å². The molecule has 1 aliphatic rings. The Morgan fingerprint density at radius 1 is 1.45 bits per heavy atom. The van der Waals surface area contributed by atoms with Crippen LogP contribution in [0, 0.1) is 10.1 Å². The molecule has 0 amide bonds. The number of hydrogen-bond donors (Lipinski definition) is 1. The molecule has 7 heteroatoms. The fraction of sp³-hybridized carbons (Fsp3) is 0.538. The third-order valence-corrected chi connectivity index (χ3v) is 3.59. The first-order chi connectivity index (χ1) is 9.45. The molecule has 1 aromatic heterocycles. The van der Waals surface area contributed by atoms with Gasteiger partial charge in [-0.15, -0.1) is 0 Å². The maximum atomic E-state index is 11.5. The van der Waals surface area contributed by atoms with E-state index in [4.69, 9.17) is 0 Å². The van der Waals surface area contributed by atoms with Crippen molar-refractivity contribution < 1.29 is 14.5 Å². The zero-order valence-electron chi connectivity index (χ0n) is 11.5. The number of aromatic nitrogens is 1. The number of ether oxygens (including phenoxy) is 1. The highest BCUT2D eigenvalue weighted by Crippen LogP contribution is 2.34. The number of carbonyl (C=O) groups excluding carboxylic acids is 1. The van der Waals surface area contributed by atoms with Crippen LogP contribution in [0.3, 0.4) is 0 Å². The second kappa shape index (κ2) is 5.44. The second-order valence-electron chi connectivity index (χ2n) is 5.21. The van der Waals surface area contributed by atoms with E-state index in [2.05, 4.69) is 15.0 Å². The van der Waals surface area contributed by atoms with Crippen LogP contribution in [-0.2, 0) is 4.74 Å². The van der Waals surface area contributed by atoms with Crippen LogP contribution in [0.1, 0.15) is 43.1 Å². The average molecular weight is 279 g/mol. The van der Waals surface area contributed by atoms with Crippen LogP contribution in [0.25, 0.3) is 0 Å². The molecule has 108 valence electrons. The molecule has 0 radical (unpaired) electrons. The van der Waals surface area contributed by atoms with Crippen LogP contribution >= 0.6 is 0 Å². The van der Waals surface area contributed by atoms with Crippen LogP contribution in [0.2, 0.25) is 0 Å². The van der Waals surface area contributed by atoms with Gasteiger partial charge in [-0.3, -0.25) is 10.1 Å². The predicted molar refractivity (Wildman–Crippen MR) is 72.7 cm³/mol. The molecule has 7 nitrogen and oxygen atoms in total. The van der Waals surface area contributed by atoms with Crippen molar-refractivity contribution in [2.45, 2.75) is 38.1 Å². The van der Waals surface area contributed by atoms with E-state index in [-0.39, 0.29) is 22.7 Å². The highest BCUT2D eigenvalue weighted by atomic mass is 16.6. The van der Waals surface area contributed by atoms with Gasteiger partial charge in [0.25, 0.3) is 0 Å². The number of nitrogens with one attached hydrogen (secondary N) is 1. The normalized spacial score (nSPS) is 16.7. The lowest BCUT2D eigenvalue weighted by atomic mass is 10.0. The largest absolute Gasteiger partial charge is 0.464 e. The van der Waals surface area contributed by atoms with Crippen LogP contribution in [0.15, 0.2) is 12.1 Å². The van der Waals surface area contributed by atoms with Gasteiger partial charge in [0.05, 0.1) is 12.0 Å². The number of nitro groups is 1. The number of pyridine rings is 1. The average Bonchev–Trinajstić information content (AvgIpc) is 2.83. The summed E-state index contributed by atoms with van der Waals surface area (Å²) in [7, 11) is 1.25. The van der Waals surface area contributed by atoms with E-state index in [0.717, 1.165) is 25.7 Å². The maximum Gasteiger partial charge on any atom is 0.356 e. The number of methoxy groups -OCH3 is 1. The molecule has 0 bridgehead atoms. The molecule has 0 aromatic carbocycles. The van der Waals surface area contributed by atoms with Crippen molar-refractivity contribution in [3.8, 4) is 0 Å². The topological polar surface area (TPSA) is 94.4 Å². The van der Waals surface area contributed by atoms with Crippen LogP contribution in [-0.4, -0.2) is 28.5 Å². The van der Waals surface area contributed by atoms with Crippen molar-refractivity contribution in [3.05, 3.63) is 27.9 Å². The summed E-state index contributed by atoms with van der Waals surface area (Å²) in [5.41, 5.74) is -0.292. The van der Waals surface area contributed by atoms with Gasteiger partial charge < -0.3 is 10.1 Å². The third-order valence-electron chi connectivity index (χ3n) is 3.59. The van der Waals surface area contributed by atoms with Gasteiger partial charge in [-0.05, 0) is 25.8 Å². The number of anilines is 1. The number of carbonyl (C=O) groups is 1. The lowest BCUT2D eigenvalue weighted by molar-refractivity contribution is -0.384. The van der Waals surface area contributed by atoms with E-state index in [0.29, 0.717) is 0 Å². The van der Waals surface area contributed by atoms with Crippen molar-refractivity contribution in [1.82, 2.24) is 4.98 Å². The number of hydrogen-bond acceptors (Lipinski definition) is 6. The highest BCUT2D eigenvalue weighted by molar-refractivity contribution is 5.88. The molecule has 1 saturated carbocycles. The third kappa shape index (κ3) is 2.87. The van der Waals surface area contributed by atoms with E-state index in [1.165, 1.54) is 19.2 Å². The Hall–Kier alpha value is -2.18. The monoisotopic (exact) mass is 279 g/mol. The smallest absolute Gasteiger partial charge is 0.356 e.